The number of hydrogen-bond donors (Lipinski definition) is 3. The van der Waals surface area contributed by atoms with Crippen LogP contribution in [0.1, 0.15) is 0 Å². The highest BCUT2D eigenvalue weighted by Gasteiger charge is 2.27. The second-order valence-electron chi connectivity index (χ2n) is 2.72. The number of nitriles is 2. The van der Waals surface area contributed by atoms with Gasteiger partial charge in [0.25, 0.3) is 0 Å². The molecule has 2 unspecified atom stereocenters. The van der Waals surface area contributed by atoms with Crippen LogP contribution in [0, 0.1) is 22.7 Å². The molecule has 0 aromatic carbocycles. The lowest BCUT2D eigenvalue weighted by Crippen LogP contribution is -2.48. The van der Waals surface area contributed by atoms with Gasteiger partial charge in [0.05, 0.1) is 31.9 Å². The average molecular weight is 213 g/mol. The molecule has 0 saturated carbocycles. The van der Waals surface area contributed by atoms with E-state index in [1.165, 1.54) is 0 Å². The molecular weight excluding hydrogens is 202 g/mol. The number of aliphatic hydroxyl groups is 2. The van der Waals surface area contributed by atoms with Crippen LogP contribution in [0.15, 0.2) is 0 Å². The highest BCUT2D eigenvalue weighted by atomic mass is 16.4. The zero-order valence-corrected chi connectivity index (χ0v) is 7.87. The van der Waals surface area contributed by atoms with E-state index in [1.807, 2.05) is 0 Å². The van der Waals surface area contributed by atoms with E-state index in [0.717, 1.165) is 4.90 Å². The quantitative estimate of drug-likeness (QED) is 0.472. The summed E-state index contributed by atoms with van der Waals surface area (Å²) in [6.45, 7) is -1.78. The second-order valence-corrected chi connectivity index (χ2v) is 2.72. The molecule has 0 aliphatic heterocycles. The molecule has 0 bridgehead atoms. The van der Waals surface area contributed by atoms with E-state index in [1.54, 1.807) is 12.1 Å². The Bertz CT molecular complexity index is 271. The molecule has 0 aliphatic carbocycles. The molecular formula is C8H11N3O4. The Labute approximate surface area is 86.4 Å². The molecule has 15 heavy (non-hydrogen) atoms. The van der Waals surface area contributed by atoms with Gasteiger partial charge in [-0.15, -0.1) is 0 Å². The van der Waals surface area contributed by atoms with Gasteiger partial charge in [-0.25, -0.2) is 0 Å². The fraction of sp³-hybridized carbons (Fsp3) is 0.625. The van der Waals surface area contributed by atoms with Crippen molar-refractivity contribution in [3.05, 3.63) is 0 Å². The van der Waals surface area contributed by atoms with Crippen molar-refractivity contribution in [3.8, 4) is 12.1 Å². The molecule has 0 rings (SSSR count). The molecule has 0 spiro atoms. The molecule has 0 saturated heterocycles. The van der Waals surface area contributed by atoms with Crippen LogP contribution < -0.4 is 0 Å². The van der Waals surface area contributed by atoms with Gasteiger partial charge in [0.2, 0.25) is 0 Å². The Morgan fingerprint density at radius 2 is 1.60 bits per heavy atom. The second kappa shape index (κ2) is 6.74. The maximum atomic E-state index is 10.5. The van der Waals surface area contributed by atoms with E-state index in [0.29, 0.717) is 0 Å². The first-order valence-electron chi connectivity index (χ1n) is 4.09. The number of aliphatic hydroxyl groups excluding tert-OH is 2. The average Bonchev–Trinajstić information content (AvgIpc) is 2.20. The highest BCUT2D eigenvalue weighted by molar-refractivity contribution is 5.69. The smallest absolute Gasteiger partial charge is 0.317 e. The van der Waals surface area contributed by atoms with Gasteiger partial charge in [-0.3, -0.25) is 9.69 Å². The molecule has 0 aliphatic rings. The number of carboxylic acids is 1. The normalized spacial score (nSPS) is 13.9. The molecule has 0 radical (unpaired) electrons. The maximum absolute atomic E-state index is 10.5. The van der Waals surface area contributed by atoms with Gasteiger partial charge in [-0.1, -0.05) is 0 Å². The van der Waals surface area contributed by atoms with Gasteiger partial charge in [0.1, 0.15) is 12.1 Å². The molecule has 2 atom stereocenters. The first-order chi connectivity index (χ1) is 7.10. The first kappa shape index (κ1) is 13.3. The highest BCUT2D eigenvalue weighted by Crippen LogP contribution is 2.04. The Morgan fingerprint density at radius 1 is 1.20 bits per heavy atom. The molecule has 82 valence electrons. The monoisotopic (exact) mass is 213 g/mol. The van der Waals surface area contributed by atoms with Crippen molar-refractivity contribution in [1.82, 2.24) is 4.90 Å². The van der Waals surface area contributed by atoms with Gasteiger partial charge in [-0.2, -0.15) is 10.5 Å². The summed E-state index contributed by atoms with van der Waals surface area (Å²) < 4.78 is 0. The fourth-order valence-electron chi connectivity index (χ4n) is 1.03. The number of aliphatic carboxylic acids is 1. The topological polar surface area (TPSA) is 129 Å². The number of carbonyl (C=O) groups is 1. The van der Waals surface area contributed by atoms with Gasteiger partial charge < -0.3 is 15.3 Å². The van der Waals surface area contributed by atoms with Crippen LogP contribution in [0.2, 0.25) is 0 Å². The van der Waals surface area contributed by atoms with Gasteiger partial charge in [0, 0.05) is 0 Å². The Morgan fingerprint density at radius 3 is 1.80 bits per heavy atom. The van der Waals surface area contributed by atoms with Crippen molar-refractivity contribution in [2.24, 2.45) is 0 Å². The summed E-state index contributed by atoms with van der Waals surface area (Å²) in [5, 5.41) is 43.4. The lowest BCUT2D eigenvalue weighted by atomic mass is 10.2. The molecule has 0 heterocycles. The van der Waals surface area contributed by atoms with Crippen molar-refractivity contribution in [2.45, 2.75) is 12.1 Å². The minimum absolute atomic E-state index is 0.586. The molecule has 0 fully saturated rings. The minimum atomic E-state index is -1.24. The van der Waals surface area contributed by atoms with Crippen LogP contribution >= 0.6 is 0 Å². The molecule has 7 nitrogen and oxygen atoms in total. The molecule has 0 amide bonds. The maximum Gasteiger partial charge on any atom is 0.317 e. The Kier molecular flexibility index (Phi) is 5.99. The van der Waals surface area contributed by atoms with Gasteiger partial charge in [0.15, 0.2) is 0 Å². The van der Waals surface area contributed by atoms with Crippen LogP contribution in [0.4, 0.5) is 0 Å². The summed E-state index contributed by atoms with van der Waals surface area (Å²) in [5.74, 6) is -1.24. The molecule has 0 aromatic rings. The molecule has 3 N–H and O–H groups in total. The predicted molar refractivity (Wildman–Crippen MR) is 47.3 cm³/mol. The largest absolute Gasteiger partial charge is 0.480 e. The zero-order valence-electron chi connectivity index (χ0n) is 7.87. The van der Waals surface area contributed by atoms with E-state index in [4.69, 9.17) is 25.8 Å². The van der Waals surface area contributed by atoms with E-state index < -0.39 is 37.8 Å². The van der Waals surface area contributed by atoms with E-state index in [2.05, 4.69) is 0 Å². The van der Waals surface area contributed by atoms with E-state index >= 15 is 0 Å². The Balaban J connectivity index is 4.79. The van der Waals surface area contributed by atoms with Crippen LogP contribution in [0.25, 0.3) is 0 Å². The fourth-order valence-corrected chi connectivity index (χ4v) is 1.03. The lowest BCUT2D eigenvalue weighted by molar-refractivity contribution is -0.139. The number of nitrogens with zero attached hydrogens (tertiary/aromatic N) is 3. The van der Waals surface area contributed by atoms with Gasteiger partial charge in [-0.05, 0) is 0 Å². The van der Waals surface area contributed by atoms with Crippen LogP contribution in [0.5, 0.6) is 0 Å². The third kappa shape index (κ3) is 3.92. The van der Waals surface area contributed by atoms with E-state index in [9.17, 15) is 4.79 Å². The van der Waals surface area contributed by atoms with Crippen LogP contribution in [0.3, 0.4) is 0 Å². The van der Waals surface area contributed by atoms with E-state index in [-0.39, 0.29) is 0 Å². The number of hydrogen-bond acceptors (Lipinski definition) is 6. The number of carboxylic acid groups (broad SMARTS) is 1. The van der Waals surface area contributed by atoms with Crippen molar-refractivity contribution < 1.29 is 20.1 Å². The lowest BCUT2D eigenvalue weighted by Gasteiger charge is -2.26. The summed E-state index contributed by atoms with van der Waals surface area (Å²) in [5.41, 5.74) is 0. The molecule has 7 heteroatoms. The van der Waals surface area contributed by atoms with Gasteiger partial charge >= 0.3 is 5.97 Å². The van der Waals surface area contributed by atoms with Crippen molar-refractivity contribution >= 4 is 5.97 Å². The van der Waals surface area contributed by atoms with Crippen LogP contribution in [-0.2, 0) is 4.79 Å². The van der Waals surface area contributed by atoms with Crippen LogP contribution in [-0.4, -0.2) is 58.0 Å². The Hall–Kier alpha value is -1.67. The standard InChI is InChI=1S/C8H11N3O4/c9-1-6(4-12)11(3-8(14)15)7(2-10)5-13/h6-7,12-13H,3-5H2,(H,14,15). The zero-order chi connectivity index (χ0) is 11.8. The summed E-state index contributed by atoms with van der Waals surface area (Å²) in [6.07, 6.45) is 0. The summed E-state index contributed by atoms with van der Waals surface area (Å²) in [4.78, 5) is 11.4. The predicted octanol–water partition coefficient (Wildman–Crippen LogP) is -1.86. The summed E-state index contributed by atoms with van der Waals surface area (Å²) in [7, 11) is 0. The SMILES string of the molecule is N#CC(CO)N(CC(=O)O)C(C#N)CO. The van der Waals surface area contributed by atoms with Crippen molar-refractivity contribution in [3.63, 3.8) is 0 Å². The van der Waals surface area contributed by atoms with Crippen molar-refractivity contribution in [1.29, 1.82) is 10.5 Å². The summed E-state index contributed by atoms with van der Waals surface area (Å²) in [6, 6.07) is 1.09. The third-order valence-corrected chi connectivity index (χ3v) is 1.76. The summed E-state index contributed by atoms with van der Waals surface area (Å²) >= 11 is 0. The number of rotatable bonds is 6. The molecule has 0 aromatic heterocycles. The minimum Gasteiger partial charge on any atom is -0.480 e. The first-order valence-corrected chi connectivity index (χ1v) is 4.09. The third-order valence-electron chi connectivity index (χ3n) is 1.76. The van der Waals surface area contributed by atoms with Crippen molar-refractivity contribution in [2.75, 3.05) is 19.8 Å².